The average molecular weight is 403 g/mol. The number of ether oxygens (including phenoxy) is 1. The Hall–Kier alpha value is -1.95. The first-order valence-corrected chi connectivity index (χ1v) is 10.2. The van der Waals surface area contributed by atoms with Gasteiger partial charge in [0.05, 0.1) is 29.1 Å². The van der Waals surface area contributed by atoms with Crippen molar-refractivity contribution in [2.45, 2.75) is 32.4 Å². The van der Waals surface area contributed by atoms with Gasteiger partial charge in [0.15, 0.2) is 4.80 Å². The van der Waals surface area contributed by atoms with Crippen LogP contribution < -0.4 is 4.80 Å². The number of aryl methyl sites for hydroxylation is 1. The van der Waals surface area contributed by atoms with Gasteiger partial charge in [-0.05, 0) is 37.5 Å². The van der Waals surface area contributed by atoms with Crippen molar-refractivity contribution >= 4 is 28.6 Å². The Bertz CT molecular complexity index is 1000. The normalized spacial score (nSPS) is 17.6. The minimum atomic E-state index is -0.459. The third-order valence-corrected chi connectivity index (χ3v) is 5.85. The summed E-state index contributed by atoms with van der Waals surface area (Å²) in [5.41, 5.74) is 4.01. The summed E-state index contributed by atoms with van der Waals surface area (Å²) in [6, 6.07) is 13.1. The molecule has 1 unspecified atom stereocenters. The lowest BCUT2D eigenvalue weighted by Crippen LogP contribution is -2.24. The molecule has 0 bridgehead atoms. The highest BCUT2D eigenvalue weighted by molar-refractivity contribution is 7.07. The lowest BCUT2D eigenvalue weighted by Gasteiger charge is -2.14. The Morgan fingerprint density at radius 3 is 2.78 bits per heavy atom. The summed E-state index contributed by atoms with van der Waals surface area (Å²) in [5.74, 6) is -0.459. The van der Waals surface area contributed by atoms with Crippen molar-refractivity contribution in [3.05, 3.63) is 69.0 Å². The molecule has 1 aliphatic rings. The minimum absolute atomic E-state index is 0.104. The Labute approximate surface area is 166 Å². The molecule has 1 atom stereocenters. The molecule has 6 heteroatoms. The molecule has 1 fully saturated rings. The van der Waals surface area contributed by atoms with Crippen molar-refractivity contribution in [2.24, 2.45) is 4.99 Å². The van der Waals surface area contributed by atoms with Crippen molar-refractivity contribution in [2.75, 3.05) is 6.61 Å². The predicted molar refractivity (Wildman–Crippen MR) is 108 cm³/mol. The van der Waals surface area contributed by atoms with Crippen molar-refractivity contribution in [1.82, 2.24) is 4.57 Å². The number of hydrogen-bond acceptors (Lipinski definition) is 3. The number of thiazole rings is 1. The van der Waals surface area contributed by atoms with Gasteiger partial charge in [0.2, 0.25) is 0 Å². The van der Waals surface area contributed by atoms with Crippen LogP contribution in [0.15, 0.2) is 52.8 Å². The van der Waals surface area contributed by atoms with Crippen LogP contribution in [0.2, 0.25) is 5.02 Å². The van der Waals surface area contributed by atoms with Crippen LogP contribution in [0.3, 0.4) is 0 Å². The highest BCUT2D eigenvalue weighted by atomic mass is 35.5. The molecule has 0 aliphatic carbocycles. The van der Waals surface area contributed by atoms with Gasteiger partial charge in [-0.1, -0.05) is 41.4 Å². The van der Waals surface area contributed by atoms with Crippen molar-refractivity contribution in [3.63, 3.8) is 0 Å². The van der Waals surface area contributed by atoms with Crippen LogP contribution in [0.1, 0.15) is 18.4 Å². The lowest BCUT2D eigenvalue weighted by molar-refractivity contribution is 0.0968. The van der Waals surface area contributed by atoms with Gasteiger partial charge in [-0.25, -0.2) is 9.38 Å². The van der Waals surface area contributed by atoms with Crippen LogP contribution in [0, 0.1) is 12.7 Å². The van der Waals surface area contributed by atoms with E-state index in [1.54, 1.807) is 17.4 Å². The molecule has 2 heterocycles. The van der Waals surface area contributed by atoms with Crippen molar-refractivity contribution in [3.8, 4) is 11.3 Å². The van der Waals surface area contributed by atoms with E-state index in [1.807, 2.05) is 0 Å². The molecule has 0 N–H and O–H groups in total. The fraction of sp³-hybridized carbons (Fsp3) is 0.286. The monoisotopic (exact) mass is 402 g/mol. The molecular weight excluding hydrogens is 383 g/mol. The zero-order valence-corrected chi connectivity index (χ0v) is 16.6. The molecule has 140 valence electrons. The first-order chi connectivity index (χ1) is 13.1. The topological polar surface area (TPSA) is 26.5 Å². The molecule has 3 aromatic rings. The molecule has 2 aromatic carbocycles. The van der Waals surface area contributed by atoms with E-state index in [0.29, 0.717) is 5.69 Å². The minimum Gasteiger partial charge on any atom is -0.376 e. The quantitative estimate of drug-likeness (QED) is 0.547. The summed E-state index contributed by atoms with van der Waals surface area (Å²) in [6.07, 6.45) is 2.32. The highest BCUT2D eigenvalue weighted by Gasteiger charge is 2.19. The van der Waals surface area contributed by atoms with Crippen molar-refractivity contribution in [1.29, 1.82) is 0 Å². The maximum Gasteiger partial charge on any atom is 0.190 e. The second-order valence-corrected chi connectivity index (χ2v) is 7.97. The molecule has 4 rings (SSSR count). The largest absolute Gasteiger partial charge is 0.376 e. The third-order valence-electron chi connectivity index (χ3n) is 4.68. The molecule has 3 nitrogen and oxygen atoms in total. The van der Waals surface area contributed by atoms with Gasteiger partial charge in [-0.15, -0.1) is 11.3 Å². The maximum atomic E-state index is 13.8. The third kappa shape index (κ3) is 4.15. The van der Waals surface area contributed by atoms with Crippen LogP contribution in [-0.2, 0) is 11.3 Å². The SMILES string of the molecule is Cc1ccc(-c2csc(=Nc3ccc(Cl)c(F)c3)n2CC2CCCO2)cc1. The van der Waals surface area contributed by atoms with Gasteiger partial charge in [0.25, 0.3) is 0 Å². The van der Waals surface area contributed by atoms with Gasteiger partial charge in [-0.3, -0.25) is 0 Å². The smallest absolute Gasteiger partial charge is 0.190 e. The first-order valence-electron chi connectivity index (χ1n) is 8.97. The van der Waals surface area contributed by atoms with E-state index in [4.69, 9.17) is 16.3 Å². The number of nitrogens with zero attached hydrogens (tertiary/aromatic N) is 2. The number of rotatable bonds is 4. The first kappa shape index (κ1) is 18.4. The molecule has 0 saturated carbocycles. The predicted octanol–water partition coefficient (Wildman–Crippen LogP) is 5.73. The molecule has 1 aromatic heterocycles. The number of benzene rings is 2. The zero-order valence-electron chi connectivity index (χ0n) is 15.0. The van der Waals surface area contributed by atoms with Gasteiger partial charge < -0.3 is 9.30 Å². The second kappa shape index (κ2) is 7.97. The molecular formula is C21H20ClFN2OS. The van der Waals surface area contributed by atoms with Gasteiger partial charge in [0.1, 0.15) is 5.82 Å². The highest BCUT2D eigenvalue weighted by Crippen LogP contribution is 2.25. The van der Waals surface area contributed by atoms with Crippen LogP contribution in [0.4, 0.5) is 10.1 Å². The summed E-state index contributed by atoms with van der Waals surface area (Å²) in [6.45, 7) is 3.62. The summed E-state index contributed by atoms with van der Waals surface area (Å²) in [7, 11) is 0. The van der Waals surface area contributed by atoms with Crippen LogP contribution in [0.5, 0.6) is 0 Å². The van der Waals surface area contributed by atoms with Gasteiger partial charge >= 0.3 is 0 Å². The molecule has 0 amide bonds. The summed E-state index contributed by atoms with van der Waals surface area (Å²) in [5, 5.41) is 2.21. The Morgan fingerprint density at radius 1 is 1.26 bits per heavy atom. The number of aromatic nitrogens is 1. The van der Waals surface area contributed by atoms with E-state index in [1.165, 1.54) is 17.7 Å². The van der Waals surface area contributed by atoms with Crippen LogP contribution in [-0.4, -0.2) is 17.3 Å². The van der Waals surface area contributed by atoms with Crippen molar-refractivity contribution < 1.29 is 9.13 Å². The van der Waals surface area contributed by atoms with Gasteiger partial charge in [0, 0.05) is 18.1 Å². The van der Waals surface area contributed by atoms with Crippen LogP contribution in [0.25, 0.3) is 11.3 Å². The standard InChI is InChI=1S/C21H20ClFN2OS/c1-14-4-6-15(7-5-14)20-13-27-21(25(20)12-17-3-2-10-26-17)24-16-8-9-18(22)19(23)11-16/h4-9,11,13,17H,2-3,10,12H2,1H3. The molecule has 0 radical (unpaired) electrons. The van der Waals surface area contributed by atoms with E-state index >= 15 is 0 Å². The van der Waals surface area contributed by atoms with E-state index in [0.717, 1.165) is 42.1 Å². The molecule has 27 heavy (non-hydrogen) atoms. The second-order valence-electron chi connectivity index (χ2n) is 6.73. The Balaban J connectivity index is 1.79. The van der Waals surface area contributed by atoms with E-state index in [-0.39, 0.29) is 11.1 Å². The Morgan fingerprint density at radius 2 is 2.07 bits per heavy atom. The molecule has 1 aliphatic heterocycles. The fourth-order valence-electron chi connectivity index (χ4n) is 3.21. The van der Waals surface area contributed by atoms with E-state index in [2.05, 4.69) is 46.1 Å². The molecule has 1 saturated heterocycles. The number of hydrogen-bond donors (Lipinski definition) is 0. The summed E-state index contributed by atoms with van der Waals surface area (Å²) >= 11 is 7.34. The zero-order chi connectivity index (χ0) is 18.8. The lowest BCUT2D eigenvalue weighted by atomic mass is 10.1. The van der Waals surface area contributed by atoms with Crippen LogP contribution >= 0.6 is 22.9 Å². The van der Waals surface area contributed by atoms with E-state index < -0.39 is 5.82 Å². The van der Waals surface area contributed by atoms with E-state index in [9.17, 15) is 4.39 Å². The Kier molecular flexibility index (Phi) is 5.43. The summed E-state index contributed by atoms with van der Waals surface area (Å²) < 4.78 is 21.8. The van der Waals surface area contributed by atoms with Gasteiger partial charge in [-0.2, -0.15) is 0 Å². The fourth-order valence-corrected chi connectivity index (χ4v) is 4.26. The average Bonchev–Trinajstić information content (AvgIpc) is 3.30. The maximum absolute atomic E-state index is 13.8. The molecule has 0 spiro atoms. The summed E-state index contributed by atoms with van der Waals surface area (Å²) in [4.78, 5) is 5.50. The number of halogens is 2.